The van der Waals surface area contributed by atoms with Crippen LogP contribution in [-0.2, 0) is 0 Å². The Kier molecular flexibility index (Phi) is 3.80. The van der Waals surface area contributed by atoms with Crippen LogP contribution in [0, 0.1) is 13.8 Å². The van der Waals surface area contributed by atoms with E-state index in [2.05, 4.69) is 10.3 Å². The number of anilines is 1. The average molecular weight is 256 g/mol. The van der Waals surface area contributed by atoms with E-state index in [0.717, 1.165) is 16.9 Å². The van der Waals surface area contributed by atoms with Gasteiger partial charge in [0.1, 0.15) is 11.6 Å². The Morgan fingerprint density at radius 2 is 2.00 bits per heavy atom. The van der Waals surface area contributed by atoms with E-state index in [0.29, 0.717) is 11.4 Å². The number of hydrogen-bond acceptors (Lipinski definition) is 3. The van der Waals surface area contributed by atoms with Crippen LogP contribution in [0.5, 0.6) is 5.75 Å². The summed E-state index contributed by atoms with van der Waals surface area (Å²) in [4.78, 5) is 16.3. The summed E-state index contributed by atoms with van der Waals surface area (Å²) in [5.74, 6) is 1.16. The van der Waals surface area contributed by atoms with E-state index in [-0.39, 0.29) is 5.91 Å². The minimum absolute atomic E-state index is 0.165. The Balaban J connectivity index is 2.27. The molecule has 2 rings (SSSR count). The number of carbonyl (C=O) groups excluding carboxylic acids is 1. The Bertz CT molecular complexity index is 595. The number of amides is 1. The van der Waals surface area contributed by atoms with Crippen LogP contribution in [-0.4, -0.2) is 18.0 Å². The van der Waals surface area contributed by atoms with E-state index < -0.39 is 0 Å². The van der Waals surface area contributed by atoms with Crippen molar-refractivity contribution in [3.05, 3.63) is 53.2 Å². The number of nitrogens with zero attached hydrogens (tertiary/aromatic N) is 1. The van der Waals surface area contributed by atoms with Gasteiger partial charge in [-0.15, -0.1) is 0 Å². The maximum atomic E-state index is 12.2. The topological polar surface area (TPSA) is 51.2 Å². The summed E-state index contributed by atoms with van der Waals surface area (Å²) in [7, 11) is 1.62. The predicted octanol–water partition coefficient (Wildman–Crippen LogP) is 2.96. The number of benzene rings is 1. The van der Waals surface area contributed by atoms with Gasteiger partial charge in [-0.05, 0) is 49.2 Å². The molecule has 0 saturated carbocycles. The molecule has 1 N–H and O–H groups in total. The van der Waals surface area contributed by atoms with Gasteiger partial charge in [0.15, 0.2) is 0 Å². The van der Waals surface area contributed by atoms with Crippen LogP contribution in [0.3, 0.4) is 0 Å². The van der Waals surface area contributed by atoms with Gasteiger partial charge in [-0.1, -0.05) is 6.07 Å². The first-order valence-electron chi connectivity index (χ1n) is 5.99. The van der Waals surface area contributed by atoms with E-state index in [1.54, 1.807) is 25.4 Å². The molecule has 0 saturated heterocycles. The first kappa shape index (κ1) is 13.1. The lowest BCUT2D eigenvalue weighted by Gasteiger charge is -2.11. The van der Waals surface area contributed by atoms with Crippen LogP contribution in [0.2, 0.25) is 0 Å². The van der Waals surface area contributed by atoms with Crippen molar-refractivity contribution in [1.82, 2.24) is 4.98 Å². The number of ether oxygens (including phenoxy) is 1. The van der Waals surface area contributed by atoms with Crippen LogP contribution >= 0.6 is 0 Å². The fourth-order valence-electron chi connectivity index (χ4n) is 1.87. The smallest absolute Gasteiger partial charge is 0.257 e. The number of nitrogens with one attached hydrogen (secondary N) is 1. The number of rotatable bonds is 3. The van der Waals surface area contributed by atoms with Gasteiger partial charge < -0.3 is 10.1 Å². The summed E-state index contributed by atoms with van der Waals surface area (Å²) < 4.78 is 5.23. The molecule has 0 unspecified atom stereocenters. The first-order valence-corrected chi connectivity index (χ1v) is 5.99. The summed E-state index contributed by atoms with van der Waals surface area (Å²) in [6.45, 7) is 3.80. The molecule has 0 aliphatic carbocycles. The fourth-order valence-corrected chi connectivity index (χ4v) is 1.87. The third-order valence-electron chi connectivity index (χ3n) is 2.89. The van der Waals surface area contributed by atoms with Crippen LogP contribution < -0.4 is 10.1 Å². The number of methoxy groups -OCH3 is 1. The maximum absolute atomic E-state index is 12.2. The SMILES string of the molecule is COc1cc(C)c(C(=O)Nc2ccccn2)cc1C. The Morgan fingerprint density at radius 1 is 1.21 bits per heavy atom. The van der Waals surface area contributed by atoms with Crippen molar-refractivity contribution in [2.24, 2.45) is 0 Å². The van der Waals surface area contributed by atoms with Gasteiger partial charge in [0.25, 0.3) is 5.91 Å². The molecule has 0 radical (unpaired) electrons. The van der Waals surface area contributed by atoms with E-state index in [4.69, 9.17) is 4.74 Å². The third-order valence-corrected chi connectivity index (χ3v) is 2.89. The van der Waals surface area contributed by atoms with Crippen LogP contribution in [0.25, 0.3) is 0 Å². The standard InChI is InChI=1S/C15H16N2O2/c1-10-9-13(19-3)11(2)8-12(10)15(18)17-14-6-4-5-7-16-14/h4-9H,1-3H3,(H,16,17,18). The van der Waals surface area contributed by atoms with Gasteiger partial charge >= 0.3 is 0 Å². The molecule has 0 aliphatic rings. The van der Waals surface area contributed by atoms with E-state index in [1.165, 1.54) is 0 Å². The van der Waals surface area contributed by atoms with Crippen molar-refractivity contribution >= 4 is 11.7 Å². The number of pyridine rings is 1. The molecule has 0 spiro atoms. The zero-order valence-corrected chi connectivity index (χ0v) is 11.2. The van der Waals surface area contributed by atoms with Crippen molar-refractivity contribution in [2.75, 3.05) is 12.4 Å². The molecule has 1 aromatic carbocycles. The number of aryl methyl sites for hydroxylation is 2. The van der Waals surface area contributed by atoms with Gasteiger partial charge in [0.2, 0.25) is 0 Å². The van der Waals surface area contributed by atoms with Crippen LogP contribution in [0.15, 0.2) is 36.5 Å². The Labute approximate surface area is 112 Å². The Hall–Kier alpha value is -2.36. The highest BCUT2D eigenvalue weighted by Gasteiger charge is 2.12. The molecule has 2 aromatic rings. The molecule has 0 atom stereocenters. The lowest BCUT2D eigenvalue weighted by Crippen LogP contribution is -2.14. The van der Waals surface area contributed by atoms with Gasteiger partial charge in [0, 0.05) is 11.8 Å². The number of carbonyl (C=O) groups is 1. The zero-order valence-electron chi connectivity index (χ0n) is 11.2. The van der Waals surface area contributed by atoms with Gasteiger partial charge in [-0.2, -0.15) is 0 Å². The van der Waals surface area contributed by atoms with Crippen LogP contribution in [0.1, 0.15) is 21.5 Å². The highest BCUT2D eigenvalue weighted by molar-refractivity contribution is 6.05. The minimum Gasteiger partial charge on any atom is -0.496 e. The molecule has 1 heterocycles. The summed E-state index contributed by atoms with van der Waals surface area (Å²) >= 11 is 0. The van der Waals surface area contributed by atoms with Gasteiger partial charge in [0.05, 0.1) is 7.11 Å². The van der Waals surface area contributed by atoms with E-state index >= 15 is 0 Å². The highest BCUT2D eigenvalue weighted by Crippen LogP contribution is 2.23. The Morgan fingerprint density at radius 3 is 2.63 bits per heavy atom. The van der Waals surface area contributed by atoms with E-state index in [1.807, 2.05) is 32.0 Å². The van der Waals surface area contributed by atoms with Crippen molar-refractivity contribution in [1.29, 1.82) is 0 Å². The average Bonchev–Trinajstić information content (AvgIpc) is 2.42. The van der Waals surface area contributed by atoms with Crippen LogP contribution in [0.4, 0.5) is 5.82 Å². The summed E-state index contributed by atoms with van der Waals surface area (Å²) in [5.41, 5.74) is 2.43. The summed E-state index contributed by atoms with van der Waals surface area (Å²) in [5, 5.41) is 2.77. The maximum Gasteiger partial charge on any atom is 0.257 e. The first-order chi connectivity index (χ1) is 9.11. The monoisotopic (exact) mass is 256 g/mol. The molecule has 1 amide bonds. The summed E-state index contributed by atoms with van der Waals surface area (Å²) in [6.07, 6.45) is 1.64. The third kappa shape index (κ3) is 2.91. The molecule has 98 valence electrons. The second-order valence-corrected chi connectivity index (χ2v) is 4.31. The molecular weight excluding hydrogens is 240 g/mol. The normalized spacial score (nSPS) is 10.1. The number of aromatic nitrogens is 1. The second-order valence-electron chi connectivity index (χ2n) is 4.31. The van der Waals surface area contributed by atoms with Crippen molar-refractivity contribution in [3.63, 3.8) is 0 Å². The zero-order chi connectivity index (χ0) is 13.8. The largest absolute Gasteiger partial charge is 0.496 e. The van der Waals surface area contributed by atoms with Gasteiger partial charge in [-0.3, -0.25) is 4.79 Å². The molecule has 0 bridgehead atoms. The van der Waals surface area contributed by atoms with Crippen molar-refractivity contribution in [3.8, 4) is 5.75 Å². The second kappa shape index (κ2) is 5.52. The molecule has 1 aromatic heterocycles. The predicted molar refractivity (Wildman–Crippen MR) is 74.7 cm³/mol. The molecular formula is C15H16N2O2. The quantitative estimate of drug-likeness (QED) is 0.918. The molecule has 4 heteroatoms. The summed E-state index contributed by atoms with van der Waals surface area (Å²) in [6, 6.07) is 9.08. The lowest BCUT2D eigenvalue weighted by atomic mass is 10.0. The molecule has 0 aliphatic heterocycles. The fraction of sp³-hybridized carbons (Fsp3) is 0.200. The van der Waals surface area contributed by atoms with Gasteiger partial charge in [-0.25, -0.2) is 4.98 Å². The van der Waals surface area contributed by atoms with E-state index in [9.17, 15) is 4.79 Å². The molecule has 4 nitrogen and oxygen atoms in total. The highest BCUT2D eigenvalue weighted by atomic mass is 16.5. The van der Waals surface area contributed by atoms with Crippen molar-refractivity contribution < 1.29 is 9.53 Å². The number of hydrogen-bond donors (Lipinski definition) is 1. The minimum atomic E-state index is -0.165. The van der Waals surface area contributed by atoms with Crippen molar-refractivity contribution in [2.45, 2.75) is 13.8 Å². The lowest BCUT2D eigenvalue weighted by molar-refractivity contribution is 0.102. The molecule has 0 fully saturated rings. The molecule has 19 heavy (non-hydrogen) atoms.